The number of fused-ring (bicyclic) bond motifs is 1. The van der Waals surface area contributed by atoms with Gasteiger partial charge in [0.2, 0.25) is 5.56 Å². The number of aromatic nitrogens is 4. The fourth-order valence-corrected chi connectivity index (χ4v) is 6.39. The molecule has 0 amide bonds. The lowest BCUT2D eigenvalue weighted by Crippen LogP contribution is -2.70. The van der Waals surface area contributed by atoms with Crippen molar-refractivity contribution in [2.75, 3.05) is 6.61 Å². The second-order valence-corrected chi connectivity index (χ2v) is 10.9. The van der Waals surface area contributed by atoms with Crippen LogP contribution in [0.4, 0.5) is 13.2 Å². The molecule has 4 aliphatic rings. The standard InChI is InChI=1S/C26H27F3N4O3/c1-14-15(2)30-22-18(24-11-25(12-24,13-24)26(27,28)29)9-19(31-33(22)23(14)35)16-6-7-36-20(8-16)17-4-5-21(34)32(3)10-17/h4-5,9-10,16,20H,6-8,11-13H2,1-3H3/t16-,20+,24?,25?/m1/s1. The summed E-state index contributed by atoms with van der Waals surface area (Å²) in [7, 11) is 1.69. The Balaban J connectivity index is 1.42. The quantitative estimate of drug-likeness (QED) is 0.543. The molecular weight excluding hydrogens is 473 g/mol. The number of alkyl halides is 3. The maximum Gasteiger partial charge on any atom is 0.394 e. The zero-order valence-corrected chi connectivity index (χ0v) is 20.4. The molecule has 1 saturated heterocycles. The van der Waals surface area contributed by atoms with Gasteiger partial charge in [0.05, 0.1) is 17.2 Å². The molecule has 4 heterocycles. The van der Waals surface area contributed by atoms with Crippen LogP contribution in [0.15, 0.2) is 34.0 Å². The van der Waals surface area contributed by atoms with E-state index in [1.165, 1.54) is 15.1 Å². The fourth-order valence-electron chi connectivity index (χ4n) is 6.39. The van der Waals surface area contributed by atoms with Crippen molar-refractivity contribution in [3.8, 4) is 0 Å². The highest BCUT2D eigenvalue weighted by molar-refractivity contribution is 5.57. The van der Waals surface area contributed by atoms with Crippen LogP contribution < -0.4 is 11.1 Å². The molecule has 0 spiro atoms. The number of halogens is 3. The zero-order chi connectivity index (χ0) is 25.6. The first-order valence-corrected chi connectivity index (χ1v) is 12.2. The topological polar surface area (TPSA) is 78.5 Å². The van der Waals surface area contributed by atoms with Crippen molar-refractivity contribution in [1.29, 1.82) is 0 Å². The van der Waals surface area contributed by atoms with Crippen molar-refractivity contribution in [3.05, 3.63) is 73.2 Å². The van der Waals surface area contributed by atoms with Crippen molar-refractivity contribution < 1.29 is 17.9 Å². The van der Waals surface area contributed by atoms with Crippen LogP contribution in [0.3, 0.4) is 0 Å². The van der Waals surface area contributed by atoms with Crippen molar-refractivity contribution in [2.45, 2.75) is 69.6 Å². The van der Waals surface area contributed by atoms with E-state index < -0.39 is 17.0 Å². The summed E-state index contributed by atoms with van der Waals surface area (Å²) < 4.78 is 49.6. The largest absolute Gasteiger partial charge is 0.394 e. The molecule has 0 aromatic carbocycles. The van der Waals surface area contributed by atoms with Crippen LogP contribution in [0.5, 0.6) is 0 Å². The van der Waals surface area contributed by atoms with Gasteiger partial charge in [-0.3, -0.25) is 9.59 Å². The van der Waals surface area contributed by atoms with Gasteiger partial charge < -0.3 is 9.30 Å². The van der Waals surface area contributed by atoms with E-state index in [1.54, 1.807) is 33.2 Å². The Bertz CT molecular complexity index is 1500. The van der Waals surface area contributed by atoms with Gasteiger partial charge in [0.25, 0.3) is 5.56 Å². The monoisotopic (exact) mass is 500 g/mol. The molecule has 3 aromatic rings. The molecule has 10 heteroatoms. The first kappa shape index (κ1) is 23.4. The highest BCUT2D eigenvalue weighted by atomic mass is 19.4. The molecule has 36 heavy (non-hydrogen) atoms. The number of rotatable bonds is 3. The van der Waals surface area contributed by atoms with Crippen molar-refractivity contribution in [2.24, 2.45) is 12.5 Å². The third-order valence-corrected chi connectivity index (χ3v) is 8.66. The summed E-state index contributed by atoms with van der Waals surface area (Å²) in [5.74, 6) is -0.0541. The van der Waals surface area contributed by atoms with Gasteiger partial charge in [-0.2, -0.15) is 22.8 Å². The molecule has 7 rings (SSSR count). The van der Waals surface area contributed by atoms with Crippen LogP contribution in [0.25, 0.3) is 5.65 Å². The van der Waals surface area contributed by atoms with Gasteiger partial charge in [0.1, 0.15) is 0 Å². The molecule has 2 atom stereocenters. The second kappa shape index (κ2) is 7.50. The lowest BCUT2D eigenvalue weighted by molar-refractivity contribution is -0.336. The molecule has 3 aromatic heterocycles. The van der Waals surface area contributed by atoms with Gasteiger partial charge in [0.15, 0.2) is 5.65 Å². The predicted molar refractivity (Wildman–Crippen MR) is 125 cm³/mol. The maximum atomic E-state index is 13.6. The Labute approximate surface area is 204 Å². The first-order chi connectivity index (χ1) is 16.9. The number of aryl methyl sites for hydroxylation is 2. The molecular formula is C26H27F3N4O3. The van der Waals surface area contributed by atoms with E-state index in [4.69, 9.17) is 4.74 Å². The summed E-state index contributed by atoms with van der Waals surface area (Å²) in [4.78, 5) is 29.6. The van der Waals surface area contributed by atoms with Crippen LogP contribution in [-0.4, -0.2) is 31.9 Å². The molecule has 1 aliphatic heterocycles. The van der Waals surface area contributed by atoms with Gasteiger partial charge in [-0.05, 0) is 63.6 Å². The second-order valence-electron chi connectivity index (χ2n) is 10.9. The van der Waals surface area contributed by atoms with E-state index in [2.05, 4.69) is 10.1 Å². The van der Waals surface area contributed by atoms with Crippen LogP contribution in [0, 0.1) is 19.3 Å². The van der Waals surface area contributed by atoms with E-state index in [9.17, 15) is 22.8 Å². The van der Waals surface area contributed by atoms with Crippen LogP contribution in [0.1, 0.15) is 72.2 Å². The van der Waals surface area contributed by atoms with Gasteiger partial charge in [-0.25, -0.2) is 4.98 Å². The summed E-state index contributed by atoms with van der Waals surface area (Å²) in [6.07, 6.45) is -1.38. The lowest BCUT2D eigenvalue weighted by Gasteiger charge is -2.70. The Morgan fingerprint density at radius 1 is 1.14 bits per heavy atom. The Kier molecular flexibility index (Phi) is 4.88. The first-order valence-electron chi connectivity index (χ1n) is 12.2. The molecule has 0 unspecified atom stereocenters. The number of pyridine rings is 1. The van der Waals surface area contributed by atoms with E-state index in [0.29, 0.717) is 47.6 Å². The minimum atomic E-state index is -4.22. The van der Waals surface area contributed by atoms with Crippen LogP contribution in [-0.2, 0) is 17.2 Å². The van der Waals surface area contributed by atoms with E-state index in [0.717, 1.165) is 5.56 Å². The third-order valence-electron chi connectivity index (χ3n) is 8.66. The van der Waals surface area contributed by atoms with Crippen LogP contribution >= 0.6 is 0 Å². The number of ether oxygens (including phenoxy) is 1. The minimum Gasteiger partial charge on any atom is -0.373 e. The highest BCUT2D eigenvalue weighted by Gasteiger charge is 2.79. The predicted octanol–water partition coefficient (Wildman–Crippen LogP) is 4.02. The Morgan fingerprint density at radius 2 is 1.86 bits per heavy atom. The molecule has 3 aliphatic carbocycles. The van der Waals surface area contributed by atoms with Gasteiger partial charge in [-0.1, -0.05) is 0 Å². The third kappa shape index (κ3) is 3.22. The molecule has 3 saturated carbocycles. The molecule has 7 nitrogen and oxygen atoms in total. The van der Waals surface area contributed by atoms with E-state index >= 15 is 0 Å². The highest BCUT2D eigenvalue weighted by Crippen LogP contribution is 2.78. The smallest absolute Gasteiger partial charge is 0.373 e. The fraction of sp³-hybridized carbons (Fsp3) is 0.538. The van der Waals surface area contributed by atoms with Crippen molar-refractivity contribution >= 4 is 5.65 Å². The van der Waals surface area contributed by atoms with E-state index in [-0.39, 0.29) is 42.4 Å². The maximum absolute atomic E-state index is 13.6. The van der Waals surface area contributed by atoms with Gasteiger partial charge in [0, 0.05) is 54.1 Å². The summed E-state index contributed by atoms with van der Waals surface area (Å²) in [6.45, 7) is 3.90. The SMILES string of the molecule is Cc1nc2c(C34CC(C(F)(F)F)(C3)C4)cc([C@@H]3CCO[C@H](c4ccc(=O)n(C)c4)C3)nn2c(=O)c1C. The molecule has 190 valence electrons. The molecule has 0 radical (unpaired) electrons. The van der Waals surface area contributed by atoms with Crippen molar-refractivity contribution in [1.82, 2.24) is 19.2 Å². The lowest BCUT2D eigenvalue weighted by atomic mass is 9.33. The molecule has 2 bridgehead atoms. The summed E-state index contributed by atoms with van der Waals surface area (Å²) in [5.41, 5.74) is 1.01. The van der Waals surface area contributed by atoms with Crippen LogP contribution in [0.2, 0.25) is 0 Å². The van der Waals surface area contributed by atoms with Gasteiger partial charge >= 0.3 is 6.18 Å². The summed E-state index contributed by atoms with van der Waals surface area (Å²) >= 11 is 0. The van der Waals surface area contributed by atoms with Gasteiger partial charge in [-0.15, -0.1) is 0 Å². The number of hydrogen-bond acceptors (Lipinski definition) is 5. The average molecular weight is 501 g/mol. The average Bonchev–Trinajstić information content (AvgIpc) is 2.77. The molecule has 4 fully saturated rings. The molecule has 0 N–H and O–H groups in total. The number of nitrogens with zero attached hydrogens (tertiary/aromatic N) is 4. The van der Waals surface area contributed by atoms with Crippen molar-refractivity contribution in [3.63, 3.8) is 0 Å². The summed E-state index contributed by atoms with van der Waals surface area (Å²) in [5, 5.41) is 4.68. The number of hydrogen-bond donors (Lipinski definition) is 0. The zero-order valence-electron chi connectivity index (χ0n) is 20.4. The normalized spacial score (nSPS) is 29.6. The Hall–Kier alpha value is -3.01. The minimum absolute atomic E-state index is 0.0276. The van der Waals surface area contributed by atoms with E-state index in [1.807, 2.05) is 6.07 Å². The Morgan fingerprint density at radius 3 is 2.53 bits per heavy atom. The summed E-state index contributed by atoms with van der Waals surface area (Å²) in [6, 6.07) is 5.15.